The van der Waals surface area contributed by atoms with Crippen LogP contribution >= 0.6 is 11.6 Å². The molecule has 3 rings (SSSR count). The van der Waals surface area contributed by atoms with Crippen molar-refractivity contribution in [3.63, 3.8) is 0 Å². The third-order valence-corrected chi connectivity index (χ3v) is 7.28. The molecule has 0 aromatic heterocycles. The Kier molecular flexibility index (Phi) is 6.05. The van der Waals surface area contributed by atoms with E-state index in [0.29, 0.717) is 23.8 Å². The predicted octanol–water partition coefficient (Wildman–Crippen LogP) is 2.47. The van der Waals surface area contributed by atoms with Crippen molar-refractivity contribution in [2.45, 2.75) is 16.3 Å². The first-order valence-corrected chi connectivity index (χ1v) is 13.0. The van der Waals surface area contributed by atoms with Gasteiger partial charge in [-0.2, -0.15) is 0 Å². The summed E-state index contributed by atoms with van der Waals surface area (Å²) in [5, 5.41) is 0.708. The summed E-state index contributed by atoms with van der Waals surface area (Å²) in [5.41, 5.74) is 1.73. The fraction of sp³-hybridized carbons (Fsp3) is 0.368. The van der Waals surface area contributed by atoms with Gasteiger partial charge in [0.2, 0.25) is 0 Å². The maximum Gasteiger partial charge on any atom is 0.177 e. The van der Waals surface area contributed by atoms with Crippen molar-refractivity contribution < 1.29 is 16.8 Å². The minimum atomic E-state index is -3.56. The van der Waals surface area contributed by atoms with Crippen LogP contribution in [0, 0.1) is 0 Å². The molecule has 0 radical (unpaired) electrons. The van der Waals surface area contributed by atoms with E-state index in [2.05, 4.69) is 4.90 Å². The van der Waals surface area contributed by atoms with Crippen molar-refractivity contribution in [2.75, 3.05) is 43.6 Å². The third kappa shape index (κ3) is 5.05. The molecule has 1 heterocycles. The maximum absolute atomic E-state index is 12.3. The standard InChI is InChI=1S/C19H23ClN2O4S2/c1-27(23,24)17-7-8-18(19(13-17)28(2,25)26)22-11-9-21(10-12-22)14-15-3-5-16(20)6-4-15/h3-8,13H,9-12,14H2,1-2H3. The van der Waals surface area contributed by atoms with Crippen LogP contribution in [0.15, 0.2) is 52.3 Å². The van der Waals surface area contributed by atoms with Crippen molar-refractivity contribution >= 4 is 37.0 Å². The summed E-state index contributed by atoms with van der Waals surface area (Å²) in [7, 11) is -7.04. The van der Waals surface area contributed by atoms with Crippen LogP contribution in [0.1, 0.15) is 5.56 Å². The molecule has 152 valence electrons. The molecule has 2 aromatic carbocycles. The van der Waals surface area contributed by atoms with Crippen LogP contribution in [-0.4, -0.2) is 60.4 Å². The Morgan fingerprint density at radius 3 is 2.00 bits per heavy atom. The fourth-order valence-corrected chi connectivity index (χ4v) is 5.04. The number of anilines is 1. The first-order valence-electron chi connectivity index (χ1n) is 8.80. The summed E-state index contributed by atoms with van der Waals surface area (Å²) >= 11 is 5.93. The molecule has 0 spiro atoms. The van der Waals surface area contributed by atoms with E-state index >= 15 is 0 Å². The van der Waals surface area contributed by atoms with E-state index in [4.69, 9.17) is 11.6 Å². The molecule has 6 nitrogen and oxygen atoms in total. The van der Waals surface area contributed by atoms with E-state index in [-0.39, 0.29) is 9.79 Å². The Labute approximate surface area is 171 Å². The average molecular weight is 443 g/mol. The monoisotopic (exact) mass is 442 g/mol. The molecule has 0 aliphatic carbocycles. The van der Waals surface area contributed by atoms with Crippen molar-refractivity contribution in [3.05, 3.63) is 53.1 Å². The number of halogens is 1. The van der Waals surface area contributed by atoms with E-state index < -0.39 is 19.7 Å². The van der Waals surface area contributed by atoms with Crippen LogP contribution in [0.5, 0.6) is 0 Å². The zero-order valence-corrected chi connectivity index (χ0v) is 18.2. The van der Waals surface area contributed by atoms with Crippen molar-refractivity contribution in [1.29, 1.82) is 0 Å². The average Bonchev–Trinajstić information content (AvgIpc) is 2.62. The van der Waals surface area contributed by atoms with Gasteiger partial charge in [0.25, 0.3) is 0 Å². The van der Waals surface area contributed by atoms with Gasteiger partial charge >= 0.3 is 0 Å². The molecule has 1 aliphatic rings. The fourth-order valence-electron chi connectivity index (χ4n) is 3.28. The van der Waals surface area contributed by atoms with Gasteiger partial charge in [0.05, 0.1) is 15.5 Å². The second-order valence-corrected chi connectivity index (χ2v) is 11.5. The highest BCUT2D eigenvalue weighted by molar-refractivity contribution is 7.91. The lowest BCUT2D eigenvalue weighted by Crippen LogP contribution is -2.46. The summed E-state index contributed by atoms with van der Waals surface area (Å²) < 4.78 is 48.2. The highest BCUT2D eigenvalue weighted by Gasteiger charge is 2.24. The lowest BCUT2D eigenvalue weighted by atomic mass is 10.2. The molecule has 0 atom stereocenters. The second-order valence-electron chi connectivity index (χ2n) is 7.06. The van der Waals surface area contributed by atoms with Crippen molar-refractivity contribution in [2.24, 2.45) is 0 Å². The molecule has 2 aromatic rings. The highest BCUT2D eigenvalue weighted by Crippen LogP contribution is 2.29. The molecule has 9 heteroatoms. The Bertz CT molecular complexity index is 1060. The van der Waals surface area contributed by atoms with E-state index in [9.17, 15) is 16.8 Å². The Balaban J connectivity index is 1.77. The maximum atomic E-state index is 12.3. The molecular formula is C19H23ClN2O4S2. The van der Waals surface area contributed by atoms with Crippen LogP contribution in [-0.2, 0) is 26.2 Å². The topological polar surface area (TPSA) is 74.8 Å². The second kappa shape index (κ2) is 8.02. The number of hydrogen-bond acceptors (Lipinski definition) is 6. The van der Waals surface area contributed by atoms with Crippen molar-refractivity contribution in [1.82, 2.24) is 4.90 Å². The summed E-state index contributed by atoms with van der Waals surface area (Å²) in [6, 6.07) is 12.1. The molecule has 1 saturated heterocycles. The highest BCUT2D eigenvalue weighted by atomic mass is 35.5. The van der Waals surface area contributed by atoms with Gasteiger partial charge in [-0.1, -0.05) is 23.7 Å². The SMILES string of the molecule is CS(=O)(=O)c1ccc(N2CCN(Cc3ccc(Cl)cc3)CC2)c(S(C)(=O)=O)c1. The molecule has 0 bridgehead atoms. The smallest absolute Gasteiger partial charge is 0.177 e. The van der Waals surface area contributed by atoms with Crippen LogP contribution in [0.25, 0.3) is 0 Å². The number of hydrogen-bond donors (Lipinski definition) is 0. The van der Waals surface area contributed by atoms with Gasteiger partial charge in [-0.25, -0.2) is 16.8 Å². The number of benzene rings is 2. The van der Waals surface area contributed by atoms with E-state index in [0.717, 1.165) is 32.1 Å². The quantitative estimate of drug-likeness (QED) is 0.708. The van der Waals surface area contributed by atoms with E-state index in [1.807, 2.05) is 29.2 Å². The lowest BCUT2D eigenvalue weighted by Gasteiger charge is -2.37. The largest absolute Gasteiger partial charge is 0.368 e. The van der Waals surface area contributed by atoms with E-state index in [1.165, 1.54) is 17.7 Å². The number of rotatable bonds is 5. The summed E-state index contributed by atoms with van der Waals surface area (Å²) in [6.07, 6.45) is 2.18. The Morgan fingerprint density at radius 1 is 0.857 bits per heavy atom. The third-order valence-electron chi connectivity index (χ3n) is 4.79. The summed E-state index contributed by atoms with van der Waals surface area (Å²) in [4.78, 5) is 4.37. The molecule has 0 amide bonds. The zero-order chi connectivity index (χ0) is 20.5. The van der Waals surface area contributed by atoms with Gasteiger partial charge in [0, 0.05) is 50.3 Å². The van der Waals surface area contributed by atoms with Crippen LogP contribution in [0.4, 0.5) is 5.69 Å². The number of piperazine rings is 1. The minimum Gasteiger partial charge on any atom is -0.368 e. The van der Waals surface area contributed by atoms with Gasteiger partial charge in [-0.3, -0.25) is 4.90 Å². The number of nitrogens with zero attached hydrogens (tertiary/aromatic N) is 2. The van der Waals surface area contributed by atoms with Crippen LogP contribution in [0.2, 0.25) is 5.02 Å². The van der Waals surface area contributed by atoms with Gasteiger partial charge in [0.1, 0.15) is 0 Å². The number of sulfone groups is 2. The minimum absolute atomic E-state index is 0.0121. The predicted molar refractivity (Wildman–Crippen MR) is 112 cm³/mol. The van der Waals surface area contributed by atoms with Gasteiger partial charge in [-0.05, 0) is 35.9 Å². The lowest BCUT2D eigenvalue weighted by molar-refractivity contribution is 0.249. The van der Waals surface area contributed by atoms with Gasteiger partial charge in [0.15, 0.2) is 19.7 Å². The van der Waals surface area contributed by atoms with Crippen LogP contribution < -0.4 is 4.90 Å². The Morgan fingerprint density at radius 2 is 1.46 bits per heavy atom. The Hall–Kier alpha value is -1.61. The van der Waals surface area contributed by atoms with Crippen molar-refractivity contribution in [3.8, 4) is 0 Å². The van der Waals surface area contributed by atoms with Gasteiger partial charge < -0.3 is 4.90 Å². The molecule has 1 aliphatic heterocycles. The molecule has 0 saturated carbocycles. The summed E-state index contributed by atoms with van der Waals surface area (Å²) in [5.74, 6) is 0. The molecular weight excluding hydrogens is 420 g/mol. The molecule has 1 fully saturated rings. The first-order chi connectivity index (χ1) is 13.0. The van der Waals surface area contributed by atoms with Crippen LogP contribution in [0.3, 0.4) is 0 Å². The van der Waals surface area contributed by atoms with E-state index in [1.54, 1.807) is 6.07 Å². The molecule has 0 N–H and O–H groups in total. The van der Waals surface area contributed by atoms with Gasteiger partial charge in [-0.15, -0.1) is 0 Å². The molecule has 28 heavy (non-hydrogen) atoms. The molecule has 0 unspecified atom stereocenters. The normalized spacial score (nSPS) is 16.3. The first kappa shape index (κ1) is 21.1. The summed E-state index contributed by atoms with van der Waals surface area (Å²) in [6.45, 7) is 3.68. The zero-order valence-electron chi connectivity index (χ0n) is 15.8.